The maximum Gasteiger partial charge on any atom is 0.238 e. The van der Waals surface area contributed by atoms with E-state index in [0.29, 0.717) is 12.1 Å². The van der Waals surface area contributed by atoms with Crippen molar-refractivity contribution in [1.82, 2.24) is 9.88 Å². The molecule has 0 spiro atoms. The van der Waals surface area contributed by atoms with Crippen molar-refractivity contribution in [3.63, 3.8) is 0 Å². The fourth-order valence-corrected chi connectivity index (χ4v) is 3.20. The van der Waals surface area contributed by atoms with Gasteiger partial charge in [0.1, 0.15) is 0 Å². The second kappa shape index (κ2) is 7.22. The third-order valence-electron chi connectivity index (χ3n) is 3.73. The zero-order valence-electron chi connectivity index (χ0n) is 12.6. The molecular formula is C16H17N5OS. The first-order valence-electron chi connectivity index (χ1n) is 7.41. The van der Waals surface area contributed by atoms with Gasteiger partial charge in [-0.1, -0.05) is 0 Å². The molecule has 1 N–H and O–H groups in total. The highest BCUT2D eigenvalue weighted by Crippen LogP contribution is 2.18. The molecule has 118 valence electrons. The quantitative estimate of drug-likeness (QED) is 0.927. The Kier molecular flexibility index (Phi) is 4.86. The summed E-state index contributed by atoms with van der Waals surface area (Å²) in [6, 6.07) is 8.95. The van der Waals surface area contributed by atoms with E-state index >= 15 is 0 Å². The Bertz CT molecular complexity index is 684. The third kappa shape index (κ3) is 4.06. The number of nitrogens with zero attached hydrogens (tertiary/aromatic N) is 4. The van der Waals surface area contributed by atoms with Crippen molar-refractivity contribution in [2.24, 2.45) is 0 Å². The molecule has 0 unspecified atom stereocenters. The highest BCUT2D eigenvalue weighted by atomic mass is 32.1. The van der Waals surface area contributed by atoms with Gasteiger partial charge in [0.05, 0.1) is 18.2 Å². The predicted octanol–water partition coefficient (Wildman–Crippen LogP) is 1.78. The number of aromatic nitrogens is 1. The summed E-state index contributed by atoms with van der Waals surface area (Å²) in [5.41, 5.74) is 1.30. The van der Waals surface area contributed by atoms with E-state index in [1.54, 1.807) is 35.6 Å². The van der Waals surface area contributed by atoms with Crippen molar-refractivity contribution in [3.05, 3.63) is 41.4 Å². The lowest BCUT2D eigenvalue weighted by Crippen LogP contribution is -2.48. The minimum absolute atomic E-state index is 0.0302. The van der Waals surface area contributed by atoms with Crippen molar-refractivity contribution in [2.45, 2.75) is 0 Å². The minimum atomic E-state index is -0.0302. The van der Waals surface area contributed by atoms with Gasteiger partial charge in [0.25, 0.3) is 0 Å². The molecule has 3 rings (SSSR count). The number of carbonyl (C=O) groups is 1. The molecule has 1 aromatic heterocycles. The van der Waals surface area contributed by atoms with Gasteiger partial charge in [0.2, 0.25) is 5.91 Å². The number of thiazole rings is 1. The van der Waals surface area contributed by atoms with Crippen molar-refractivity contribution < 1.29 is 4.79 Å². The number of nitrogens with one attached hydrogen (secondary N) is 1. The lowest BCUT2D eigenvalue weighted by atomic mass is 10.2. The Hall–Kier alpha value is -2.43. The lowest BCUT2D eigenvalue weighted by Gasteiger charge is -2.34. The third-order valence-corrected chi connectivity index (χ3v) is 4.56. The summed E-state index contributed by atoms with van der Waals surface area (Å²) in [4.78, 5) is 20.8. The van der Waals surface area contributed by atoms with Crippen LogP contribution in [0.25, 0.3) is 0 Å². The first kappa shape index (κ1) is 15.5. The molecule has 0 aliphatic carbocycles. The molecule has 1 aliphatic heterocycles. The van der Waals surface area contributed by atoms with Gasteiger partial charge in [-0.15, -0.1) is 11.3 Å². The van der Waals surface area contributed by atoms with Crippen molar-refractivity contribution in [1.29, 1.82) is 5.26 Å². The lowest BCUT2D eigenvalue weighted by molar-refractivity contribution is -0.117. The van der Waals surface area contributed by atoms with Crippen LogP contribution in [0.4, 0.5) is 10.8 Å². The van der Waals surface area contributed by atoms with Crippen LogP contribution in [-0.2, 0) is 4.79 Å². The molecular weight excluding hydrogens is 310 g/mol. The molecule has 1 amide bonds. The van der Waals surface area contributed by atoms with Gasteiger partial charge in [-0.25, -0.2) is 4.98 Å². The zero-order valence-corrected chi connectivity index (χ0v) is 13.4. The number of benzene rings is 1. The number of amides is 1. The number of anilines is 2. The van der Waals surface area contributed by atoms with Crippen LogP contribution < -0.4 is 10.2 Å². The molecule has 1 saturated heterocycles. The Labute approximate surface area is 139 Å². The molecule has 1 aliphatic rings. The topological polar surface area (TPSA) is 72.3 Å². The number of rotatable bonds is 4. The van der Waals surface area contributed by atoms with E-state index in [4.69, 9.17) is 5.26 Å². The van der Waals surface area contributed by atoms with Crippen LogP contribution in [0.3, 0.4) is 0 Å². The molecule has 1 aromatic carbocycles. The van der Waals surface area contributed by atoms with Gasteiger partial charge in [-0.2, -0.15) is 5.26 Å². The highest BCUT2D eigenvalue weighted by molar-refractivity contribution is 7.13. The molecule has 0 atom stereocenters. The number of nitriles is 1. The van der Waals surface area contributed by atoms with Gasteiger partial charge >= 0.3 is 0 Å². The van der Waals surface area contributed by atoms with E-state index < -0.39 is 0 Å². The van der Waals surface area contributed by atoms with E-state index in [1.807, 2.05) is 11.6 Å². The SMILES string of the molecule is N#Cc1ccc(NC(=O)CN2CCN(c3nccs3)CC2)cc1. The molecule has 23 heavy (non-hydrogen) atoms. The average molecular weight is 327 g/mol. The molecule has 6 nitrogen and oxygen atoms in total. The highest BCUT2D eigenvalue weighted by Gasteiger charge is 2.20. The standard InChI is InChI=1S/C16H17N5OS/c17-11-13-1-3-14(4-2-13)19-15(22)12-20-6-8-21(9-7-20)16-18-5-10-23-16/h1-5,10H,6-9,12H2,(H,19,22). The van der Waals surface area contributed by atoms with E-state index in [2.05, 4.69) is 26.2 Å². The first-order valence-corrected chi connectivity index (χ1v) is 8.29. The molecule has 2 aromatic rings. The maximum absolute atomic E-state index is 12.1. The minimum Gasteiger partial charge on any atom is -0.346 e. The van der Waals surface area contributed by atoms with E-state index in [1.165, 1.54) is 0 Å². The average Bonchev–Trinajstić information content (AvgIpc) is 3.11. The van der Waals surface area contributed by atoms with Gasteiger partial charge in [0, 0.05) is 43.4 Å². The van der Waals surface area contributed by atoms with Gasteiger partial charge in [-0.05, 0) is 24.3 Å². The van der Waals surface area contributed by atoms with Crippen LogP contribution in [-0.4, -0.2) is 48.5 Å². The largest absolute Gasteiger partial charge is 0.346 e. The molecule has 0 radical (unpaired) electrons. The first-order chi connectivity index (χ1) is 11.2. The molecule has 2 heterocycles. The summed E-state index contributed by atoms with van der Waals surface area (Å²) in [5, 5.41) is 14.7. The fraction of sp³-hybridized carbons (Fsp3) is 0.312. The number of hydrogen-bond donors (Lipinski definition) is 1. The predicted molar refractivity (Wildman–Crippen MR) is 90.6 cm³/mol. The van der Waals surface area contributed by atoms with Crippen molar-refractivity contribution in [3.8, 4) is 6.07 Å². The Morgan fingerprint density at radius 2 is 2.00 bits per heavy atom. The van der Waals surface area contributed by atoms with Crippen LogP contribution >= 0.6 is 11.3 Å². The summed E-state index contributed by atoms with van der Waals surface area (Å²) in [6.07, 6.45) is 1.82. The van der Waals surface area contributed by atoms with Crippen LogP contribution in [0, 0.1) is 11.3 Å². The van der Waals surface area contributed by atoms with Crippen LogP contribution in [0.1, 0.15) is 5.56 Å². The fourth-order valence-electron chi connectivity index (χ4n) is 2.50. The molecule has 0 bridgehead atoms. The maximum atomic E-state index is 12.1. The smallest absolute Gasteiger partial charge is 0.238 e. The molecule has 0 saturated carbocycles. The Morgan fingerprint density at radius 3 is 2.61 bits per heavy atom. The van der Waals surface area contributed by atoms with Gasteiger partial charge in [-0.3, -0.25) is 9.69 Å². The Morgan fingerprint density at radius 1 is 1.26 bits per heavy atom. The van der Waals surface area contributed by atoms with Crippen LogP contribution in [0.15, 0.2) is 35.8 Å². The summed E-state index contributed by atoms with van der Waals surface area (Å²) in [5.74, 6) is -0.0302. The van der Waals surface area contributed by atoms with Crippen LogP contribution in [0.2, 0.25) is 0 Å². The zero-order chi connectivity index (χ0) is 16.1. The van der Waals surface area contributed by atoms with Gasteiger partial charge < -0.3 is 10.2 Å². The van der Waals surface area contributed by atoms with E-state index in [0.717, 1.165) is 37.0 Å². The second-order valence-electron chi connectivity index (χ2n) is 5.32. The summed E-state index contributed by atoms with van der Waals surface area (Å²) in [6.45, 7) is 3.85. The van der Waals surface area contributed by atoms with Gasteiger partial charge in [0.15, 0.2) is 5.13 Å². The number of carbonyl (C=O) groups excluding carboxylic acids is 1. The second-order valence-corrected chi connectivity index (χ2v) is 6.19. The normalized spacial score (nSPS) is 15.2. The summed E-state index contributed by atoms with van der Waals surface area (Å²) < 4.78 is 0. The summed E-state index contributed by atoms with van der Waals surface area (Å²) >= 11 is 1.64. The van der Waals surface area contributed by atoms with Crippen molar-refractivity contribution in [2.75, 3.05) is 42.9 Å². The van der Waals surface area contributed by atoms with Crippen molar-refractivity contribution >= 4 is 28.1 Å². The molecule has 1 fully saturated rings. The Balaban J connectivity index is 1.46. The van der Waals surface area contributed by atoms with E-state index in [-0.39, 0.29) is 5.91 Å². The monoisotopic (exact) mass is 327 g/mol. The number of piperazine rings is 1. The van der Waals surface area contributed by atoms with E-state index in [9.17, 15) is 4.79 Å². The number of hydrogen-bond acceptors (Lipinski definition) is 6. The van der Waals surface area contributed by atoms with Crippen LogP contribution in [0.5, 0.6) is 0 Å². The molecule has 7 heteroatoms. The summed E-state index contributed by atoms with van der Waals surface area (Å²) in [7, 11) is 0.